The summed E-state index contributed by atoms with van der Waals surface area (Å²) in [5.74, 6) is -0.102. The Kier molecular flexibility index (Phi) is 7.25. The number of ether oxygens (including phenoxy) is 1. The van der Waals surface area contributed by atoms with E-state index in [1.165, 1.54) is 7.11 Å². The molecule has 6 nitrogen and oxygen atoms in total. The van der Waals surface area contributed by atoms with Crippen molar-refractivity contribution in [2.75, 3.05) is 31.7 Å². The summed E-state index contributed by atoms with van der Waals surface area (Å²) in [6, 6.07) is 8.05. The zero-order chi connectivity index (χ0) is 18.2. The second-order valence-electron chi connectivity index (χ2n) is 6.56. The highest BCUT2D eigenvalue weighted by Gasteiger charge is 2.23. The maximum absolute atomic E-state index is 12.6. The first-order valence-corrected chi connectivity index (χ1v) is 8.98. The van der Waals surface area contributed by atoms with Crippen molar-refractivity contribution >= 4 is 17.5 Å². The highest BCUT2D eigenvalue weighted by molar-refractivity contribution is 6.00. The molecule has 1 atom stereocenters. The van der Waals surface area contributed by atoms with Crippen LogP contribution in [0.3, 0.4) is 0 Å². The molecule has 138 valence electrons. The van der Waals surface area contributed by atoms with Gasteiger partial charge in [0.25, 0.3) is 5.91 Å². The molecule has 1 saturated heterocycles. The molecule has 1 fully saturated rings. The number of benzene rings is 1. The average molecular weight is 347 g/mol. The minimum atomic E-state index is -0.0747. The van der Waals surface area contributed by atoms with Crippen LogP contribution in [0.4, 0.5) is 5.69 Å². The van der Waals surface area contributed by atoms with Crippen molar-refractivity contribution in [3.63, 3.8) is 0 Å². The number of piperidine rings is 1. The topological polar surface area (TPSA) is 70.7 Å². The third-order valence-electron chi connectivity index (χ3n) is 4.61. The maximum Gasteiger partial charge on any atom is 0.253 e. The summed E-state index contributed by atoms with van der Waals surface area (Å²) in [7, 11) is 1.52. The number of para-hydroxylation sites is 1. The third kappa shape index (κ3) is 5.46. The molecule has 1 aliphatic rings. The number of anilines is 1. The van der Waals surface area contributed by atoms with Gasteiger partial charge in [-0.2, -0.15) is 0 Å². The molecule has 0 spiro atoms. The summed E-state index contributed by atoms with van der Waals surface area (Å²) in [5, 5.41) is 6.03. The Labute approximate surface area is 149 Å². The quantitative estimate of drug-likeness (QED) is 0.791. The van der Waals surface area contributed by atoms with Crippen LogP contribution in [-0.4, -0.2) is 50.7 Å². The largest absolute Gasteiger partial charge is 0.375 e. The van der Waals surface area contributed by atoms with E-state index in [4.69, 9.17) is 4.74 Å². The van der Waals surface area contributed by atoms with Gasteiger partial charge in [0.2, 0.25) is 5.91 Å². The van der Waals surface area contributed by atoms with Crippen LogP contribution < -0.4 is 15.5 Å². The van der Waals surface area contributed by atoms with Gasteiger partial charge in [-0.05, 0) is 38.3 Å². The molecule has 0 saturated carbocycles. The second-order valence-corrected chi connectivity index (χ2v) is 6.56. The van der Waals surface area contributed by atoms with Gasteiger partial charge >= 0.3 is 0 Å². The molecule has 1 heterocycles. The summed E-state index contributed by atoms with van der Waals surface area (Å²) in [6.45, 7) is 5.78. The van der Waals surface area contributed by atoms with E-state index in [2.05, 4.69) is 22.5 Å². The molecule has 1 aliphatic heterocycles. The van der Waals surface area contributed by atoms with E-state index in [-0.39, 0.29) is 30.5 Å². The first-order chi connectivity index (χ1) is 12.0. The maximum atomic E-state index is 12.6. The minimum Gasteiger partial charge on any atom is -0.375 e. The fraction of sp³-hybridized carbons (Fsp3) is 0.579. The van der Waals surface area contributed by atoms with E-state index in [9.17, 15) is 9.59 Å². The zero-order valence-corrected chi connectivity index (χ0v) is 15.4. The summed E-state index contributed by atoms with van der Waals surface area (Å²) in [6.07, 6.45) is 2.62. The number of rotatable bonds is 7. The summed E-state index contributed by atoms with van der Waals surface area (Å²) in [5.41, 5.74) is 1.68. The van der Waals surface area contributed by atoms with Crippen LogP contribution in [-0.2, 0) is 9.53 Å². The van der Waals surface area contributed by atoms with Crippen LogP contribution in [0.2, 0.25) is 0 Å². The van der Waals surface area contributed by atoms with Gasteiger partial charge in [0.1, 0.15) is 6.61 Å². The van der Waals surface area contributed by atoms with Crippen LogP contribution in [0.25, 0.3) is 0 Å². The first kappa shape index (κ1) is 19.2. The molecular formula is C19H29N3O3. The second kappa shape index (κ2) is 9.42. The molecular weight excluding hydrogens is 318 g/mol. The number of nitrogens with zero attached hydrogens (tertiary/aromatic N) is 1. The van der Waals surface area contributed by atoms with E-state index in [0.29, 0.717) is 5.56 Å². The van der Waals surface area contributed by atoms with Crippen LogP contribution in [0.5, 0.6) is 0 Å². The van der Waals surface area contributed by atoms with Gasteiger partial charge in [-0.1, -0.05) is 19.1 Å². The van der Waals surface area contributed by atoms with Crippen LogP contribution in [0, 0.1) is 0 Å². The Morgan fingerprint density at radius 1 is 1.28 bits per heavy atom. The van der Waals surface area contributed by atoms with Crippen LogP contribution >= 0.6 is 0 Å². The molecule has 0 aromatic heterocycles. The summed E-state index contributed by atoms with van der Waals surface area (Å²) >= 11 is 0. The molecule has 2 rings (SSSR count). The minimum absolute atomic E-state index is 0.0273. The lowest BCUT2D eigenvalue weighted by Crippen LogP contribution is -2.46. The Morgan fingerprint density at radius 3 is 2.60 bits per heavy atom. The van der Waals surface area contributed by atoms with E-state index in [1.807, 2.05) is 31.2 Å². The van der Waals surface area contributed by atoms with Gasteiger partial charge in [0, 0.05) is 38.0 Å². The van der Waals surface area contributed by atoms with Gasteiger partial charge in [-0.3, -0.25) is 9.59 Å². The van der Waals surface area contributed by atoms with Crippen molar-refractivity contribution in [3.8, 4) is 0 Å². The standard InChI is InChI=1S/C19H29N3O3/c1-4-14(2)20-19(24)16-7-5-6-8-17(16)22-11-9-15(10-12-22)21-18(23)13-25-3/h5-8,14-15H,4,9-13H2,1-3H3,(H,20,24)(H,21,23). The van der Waals surface area contributed by atoms with Gasteiger partial charge < -0.3 is 20.3 Å². The molecule has 2 amide bonds. The van der Waals surface area contributed by atoms with Crippen molar-refractivity contribution in [1.82, 2.24) is 10.6 Å². The van der Waals surface area contributed by atoms with Crippen LogP contribution in [0.1, 0.15) is 43.5 Å². The lowest BCUT2D eigenvalue weighted by atomic mass is 10.0. The number of methoxy groups -OCH3 is 1. The monoisotopic (exact) mass is 347 g/mol. The Hall–Kier alpha value is -2.08. The molecule has 6 heteroatoms. The Bertz CT molecular complexity index is 583. The molecule has 0 radical (unpaired) electrons. The third-order valence-corrected chi connectivity index (χ3v) is 4.61. The molecule has 25 heavy (non-hydrogen) atoms. The number of amides is 2. The van der Waals surface area contributed by atoms with E-state index in [1.54, 1.807) is 0 Å². The fourth-order valence-electron chi connectivity index (χ4n) is 3.01. The number of nitrogens with one attached hydrogen (secondary N) is 2. The van der Waals surface area contributed by atoms with E-state index < -0.39 is 0 Å². The first-order valence-electron chi connectivity index (χ1n) is 8.98. The molecule has 1 unspecified atom stereocenters. The van der Waals surface area contributed by atoms with Crippen LogP contribution in [0.15, 0.2) is 24.3 Å². The summed E-state index contributed by atoms with van der Waals surface area (Å²) < 4.78 is 4.85. The number of hydrogen-bond acceptors (Lipinski definition) is 4. The fourth-order valence-corrected chi connectivity index (χ4v) is 3.01. The smallest absolute Gasteiger partial charge is 0.253 e. The van der Waals surface area contributed by atoms with Gasteiger partial charge in [0.05, 0.1) is 5.56 Å². The van der Waals surface area contributed by atoms with Crippen molar-refractivity contribution in [3.05, 3.63) is 29.8 Å². The van der Waals surface area contributed by atoms with E-state index in [0.717, 1.165) is 38.0 Å². The molecule has 2 N–H and O–H groups in total. The van der Waals surface area contributed by atoms with Gasteiger partial charge in [-0.15, -0.1) is 0 Å². The SMILES string of the molecule is CCC(C)NC(=O)c1ccccc1N1CCC(NC(=O)COC)CC1. The Morgan fingerprint density at radius 2 is 1.96 bits per heavy atom. The molecule has 1 aromatic rings. The lowest BCUT2D eigenvalue weighted by Gasteiger charge is -2.35. The normalized spacial score (nSPS) is 16.4. The average Bonchev–Trinajstić information content (AvgIpc) is 2.62. The number of hydrogen-bond donors (Lipinski definition) is 2. The van der Waals surface area contributed by atoms with Crippen molar-refractivity contribution in [2.45, 2.75) is 45.2 Å². The number of carbonyl (C=O) groups excluding carboxylic acids is 2. The number of carbonyl (C=O) groups is 2. The molecule has 0 bridgehead atoms. The zero-order valence-electron chi connectivity index (χ0n) is 15.4. The van der Waals surface area contributed by atoms with Crippen molar-refractivity contribution < 1.29 is 14.3 Å². The van der Waals surface area contributed by atoms with Gasteiger partial charge in [0.15, 0.2) is 0 Å². The summed E-state index contributed by atoms with van der Waals surface area (Å²) in [4.78, 5) is 26.4. The lowest BCUT2D eigenvalue weighted by molar-refractivity contribution is -0.125. The molecule has 1 aromatic carbocycles. The molecule has 0 aliphatic carbocycles. The Balaban J connectivity index is 1.99. The highest BCUT2D eigenvalue weighted by atomic mass is 16.5. The van der Waals surface area contributed by atoms with Crippen molar-refractivity contribution in [2.24, 2.45) is 0 Å². The predicted octanol–water partition coefficient (Wildman–Crippen LogP) is 1.95. The van der Waals surface area contributed by atoms with E-state index >= 15 is 0 Å². The van der Waals surface area contributed by atoms with Gasteiger partial charge in [-0.25, -0.2) is 0 Å². The van der Waals surface area contributed by atoms with Crippen molar-refractivity contribution in [1.29, 1.82) is 0 Å². The predicted molar refractivity (Wildman–Crippen MR) is 98.9 cm³/mol. The highest BCUT2D eigenvalue weighted by Crippen LogP contribution is 2.24.